The highest BCUT2D eigenvalue weighted by atomic mass is 35.5. The Morgan fingerprint density at radius 3 is 2.86 bits per heavy atom. The fraction of sp³-hybridized carbons (Fsp3) is 0.154. The van der Waals surface area contributed by atoms with Crippen LogP contribution in [0.1, 0.15) is 0 Å². The number of nitrogen functional groups attached to an aromatic ring is 1. The molecule has 108 valence electrons. The summed E-state index contributed by atoms with van der Waals surface area (Å²) < 4.78 is 12.2. The van der Waals surface area contributed by atoms with Crippen molar-refractivity contribution in [2.45, 2.75) is 0 Å². The van der Waals surface area contributed by atoms with Gasteiger partial charge in [0.2, 0.25) is 5.82 Å². The van der Waals surface area contributed by atoms with Gasteiger partial charge in [0.05, 0.1) is 23.4 Å². The Bertz CT molecular complexity index is 796. The lowest BCUT2D eigenvalue weighted by molar-refractivity contribution is 0.405. The van der Waals surface area contributed by atoms with E-state index >= 15 is 0 Å². The standard InChI is InChI=1S/C13H12ClN5O2/c1-19-4-3-10(17-19)12-16-13(21-18-12)7-5-8(14)9(15)6-11(7)20-2/h3-6H,15H2,1-2H3. The lowest BCUT2D eigenvalue weighted by atomic mass is 10.2. The molecule has 0 radical (unpaired) electrons. The van der Waals surface area contributed by atoms with Crippen LogP contribution in [0.5, 0.6) is 5.75 Å². The van der Waals surface area contributed by atoms with Crippen molar-refractivity contribution in [3.63, 3.8) is 0 Å². The van der Waals surface area contributed by atoms with Gasteiger partial charge in [-0.25, -0.2) is 0 Å². The summed E-state index contributed by atoms with van der Waals surface area (Å²) in [4.78, 5) is 4.31. The summed E-state index contributed by atoms with van der Waals surface area (Å²) in [7, 11) is 3.34. The van der Waals surface area contributed by atoms with Gasteiger partial charge in [-0.2, -0.15) is 10.1 Å². The smallest absolute Gasteiger partial charge is 0.262 e. The van der Waals surface area contributed by atoms with E-state index in [1.165, 1.54) is 7.11 Å². The Morgan fingerprint density at radius 1 is 1.38 bits per heavy atom. The number of hydrogen-bond donors (Lipinski definition) is 1. The van der Waals surface area contributed by atoms with Crippen molar-refractivity contribution >= 4 is 17.3 Å². The third-order valence-electron chi connectivity index (χ3n) is 2.92. The molecule has 0 bridgehead atoms. The highest BCUT2D eigenvalue weighted by Gasteiger charge is 2.17. The zero-order chi connectivity index (χ0) is 15.0. The number of hydrogen-bond acceptors (Lipinski definition) is 6. The van der Waals surface area contributed by atoms with Crippen LogP contribution in [0, 0.1) is 0 Å². The summed E-state index contributed by atoms with van der Waals surface area (Å²) in [5, 5.41) is 8.52. The molecule has 0 aliphatic rings. The summed E-state index contributed by atoms with van der Waals surface area (Å²) >= 11 is 6.03. The van der Waals surface area contributed by atoms with Crippen molar-refractivity contribution in [2.75, 3.05) is 12.8 Å². The molecule has 0 amide bonds. The van der Waals surface area contributed by atoms with Crippen LogP contribution in [0.3, 0.4) is 0 Å². The first kappa shape index (κ1) is 13.4. The maximum absolute atomic E-state index is 6.03. The number of aromatic nitrogens is 4. The van der Waals surface area contributed by atoms with Gasteiger partial charge in [0.1, 0.15) is 11.4 Å². The molecule has 21 heavy (non-hydrogen) atoms. The Morgan fingerprint density at radius 2 is 2.19 bits per heavy atom. The molecule has 3 rings (SSSR count). The Balaban J connectivity index is 2.06. The van der Waals surface area contributed by atoms with Crippen molar-refractivity contribution in [1.82, 2.24) is 19.9 Å². The summed E-state index contributed by atoms with van der Waals surface area (Å²) in [6.07, 6.45) is 1.80. The number of ether oxygens (including phenoxy) is 1. The number of rotatable bonds is 3. The van der Waals surface area contributed by atoms with E-state index in [1.54, 1.807) is 29.1 Å². The van der Waals surface area contributed by atoms with Crippen LogP contribution >= 0.6 is 11.6 Å². The van der Waals surface area contributed by atoms with Crippen LogP contribution in [0.2, 0.25) is 5.02 Å². The third kappa shape index (κ3) is 2.43. The largest absolute Gasteiger partial charge is 0.496 e. The minimum absolute atomic E-state index is 0.286. The summed E-state index contributed by atoms with van der Waals surface area (Å²) in [5.41, 5.74) is 7.36. The first-order valence-corrected chi connectivity index (χ1v) is 6.43. The van der Waals surface area contributed by atoms with Crippen molar-refractivity contribution in [3.05, 3.63) is 29.4 Å². The molecule has 0 aliphatic heterocycles. The van der Waals surface area contributed by atoms with Crippen LogP contribution < -0.4 is 10.5 Å². The molecule has 0 saturated heterocycles. The molecule has 2 N–H and O–H groups in total. The van der Waals surface area contributed by atoms with Gasteiger partial charge in [-0.1, -0.05) is 16.8 Å². The van der Waals surface area contributed by atoms with Gasteiger partial charge in [-0.3, -0.25) is 4.68 Å². The van der Waals surface area contributed by atoms with Crippen molar-refractivity contribution in [2.24, 2.45) is 7.05 Å². The Labute approximate surface area is 125 Å². The van der Waals surface area contributed by atoms with Crippen LogP contribution in [0.15, 0.2) is 28.9 Å². The zero-order valence-corrected chi connectivity index (χ0v) is 12.1. The Hall–Kier alpha value is -2.54. The number of anilines is 1. The van der Waals surface area contributed by atoms with Crippen LogP contribution in [0.25, 0.3) is 23.0 Å². The molecule has 0 unspecified atom stereocenters. The number of halogens is 1. The molecule has 0 atom stereocenters. The predicted octanol–water partition coefficient (Wildman–Crippen LogP) is 2.38. The second-order valence-electron chi connectivity index (χ2n) is 4.37. The Kier molecular flexibility index (Phi) is 3.26. The second-order valence-corrected chi connectivity index (χ2v) is 4.78. The maximum Gasteiger partial charge on any atom is 0.262 e. The van der Waals surface area contributed by atoms with Crippen molar-refractivity contribution in [3.8, 4) is 28.7 Å². The topological polar surface area (TPSA) is 92.0 Å². The van der Waals surface area contributed by atoms with Crippen molar-refractivity contribution < 1.29 is 9.26 Å². The molecule has 2 aromatic heterocycles. The van der Waals surface area contributed by atoms with Gasteiger partial charge in [0, 0.05) is 19.3 Å². The molecular formula is C13H12ClN5O2. The van der Waals surface area contributed by atoms with Gasteiger partial charge in [0.25, 0.3) is 5.89 Å². The molecule has 0 spiro atoms. The van der Waals surface area contributed by atoms with Crippen LogP contribution in [-0.2, 0) is 7.05 Å². The van der Waals surface area contributed by atoms with Crippen LogP contribution in [-0.4, -0.2) is 27.0 Å². The zero-order valence-electron chi connectivity index (χ0n) is 11.4. The molecule has 0 fully saturated rings. The highest BCUT2D eigenvalue weighted by molar-refractivity contribution is 6.33. The molecule has 7 nitrogen and oxygen atoms in total. The summed E-state index contributed by atoms with van der Waals surface area (Å²) in [6, 6.07) is 5.04. The van der Waals surface area contributed by atoms with Gasteiger partial charge in [-0.05, 0) is 12.1 Å². The molecular weight excluding hydrogens is 294 g/mol. The molecule has 0 saturated carbocycles. The molecule has 1 aromatic carbocycles. The number of aryl methyl sites for hydroxylation is 1. The second kappa shape index (κ2) is 5.10. The monoisotopic (exact) mass is 305 g/mol. The lowest BCUT2D eigenvalue weighted by Crippen LogP contribution is -1.93. The van der Waals surface area contributed by atoms with Gasteiger partial charge in [-0.15, -0.1) is 0 Å². The number of nitrogens with zero attached hydrogens (tertiary/aromatic N) is 4. The average molecular weight is 306 g/mol. The summed E-state index contributed by atoms with van der Waals surface area (Å²) in [5.74, 6) is 1.18. The normalized spacial score (nSPS) is 10.8. The molecule has 3 aromatic rings. The lowest BCUT2D eigenvalue weighted by Gasteiger charge is -2.07. The van der Waals surface area contributed by atoms with E-state index in [2.05, 4.69) is 15.2 Å². The fourth-order valence-corrected chi connectivity index (χ4v) is 2.04. The maximum atomic E-state index is 6.03. The molecule has 0 aliphatic carbocycles. The first-order chi connectivity index (χ1) is 10.1. The first-order valence-electron chi connectivity index (χ1n) is 6.05. The third-order valence-corrected chi connectivity index (χ3v) is 3.25. The number of methoxy groups -OCH3 is 1. The van der Waals surface area contributed by atoms with Gasteiger partial charge >= 0.3 is 0 Å². The molecule has 8 heteroatoms. The number of benzene rings is 1. The van der Waals surface area contributed by atoms with Gasteiger partial charge in [0.15, 0.2) is 0 Å². The summed E-state index contributed by atoms with van der Waals surface area (Å²) in [6.45, 7) is 0. The van der Waals surface area contributed by atoms with E-state index in [0.29, 0.717) is 33.5 Å². The van der Waals surface area contributed by atoms with Crippen molar-refractivity contribution in [1.29, 1.82) is 0 Å². The molecule has 2 heterocycles. The van der Waals surface area contributed by atoms with Crippen LogP contribution in [0.4, 0.5) is 5.69 Å². The number of nitrogens with two attached hydrogens (primary N) is 1. The minimum Gasteiger partial charge on any atom is -0.496 e. The van der Waals surface area contributed by atoms with E-state index < -0.39 is 0 Å². The average Bonchev–Trinajstić information content (AvgIpc) is 3.10. The van der Waals surface area contributed by atoms with E-state index in [-0.39, 0.29) is 5.89 Å². The van der Waals surface area contributed by atoms with E-state index in [4.69, 9.17) is 26.6 Å². The highest BCUT2D eigenvalue weighted by Crippen LogP contribution is 2.35. The fourth-order valence-electron chi connectivity index (χ4n) is 1.88. The van der Waals surface area contributed by atoms with Gasteiger partial charge < -0.3 is 15.0 Å². The van der Waals surface area contributed by atoms with E-state index in [1.807, 2.05) is 7.05 Å². The van der Waals surface area contributed by atoms with E-state index in [9.17, 15) is 0 Å². The SMILES string of the molecule is COc1cc(N)c(Cl)cc1-c1nc(-c2ccn(C)n2)no1. The minimum atomic E-state index is 0.286. The van der Waals surface area contributed by atoms with E-state index in [0.717, 1.165) is 0 Å². The quantitative estimate of drug-likeness (QED) is 0.747. The predicted molar refractivity (Wildman–Crippen MR) is 77.9 cm³/mol.